The molecule has 0 aromatic heterocycles. The minimum Gasteiger partial charge on any atom is -0.483 e. The van der Waals surface area contributed by atoms with Gasteiger partial charge in [-0.05, 0) is 59.3 Å². The molecule has 4 rings (SSSR count). The van der Waals surface area contributed by atoms with Gasteiger partial charge in [0.05, 0.1) is 4.47 Å². The number of carbonyl (C=O) groups is 3. The number of amides is 1. The maximum atomic E-state index is 13.0. The molecule has 1 amide bonds. The molecule has 2 aliphatic carbocycles. The van der Waals surface area contributed by atoms with E-state index in [4.69, 9.17) is 10.5 Å². The highest BCUT2D eigenvalue weighted by molar-refractivity contribution is 9.10. The Labute approximate surface area is 177 Å². The number of ether oxygens (including phenoxy) is 1. The van der Waals surface area contributed by atoms with Crippen molar-refractivity contribution >= 4 is 33.4 Å². The summed E-state index contributed by atoms with van der Waals surface area (Å²) in [7, 11) is 1.98. The van der Waals surface area contributed by atoms with Crippen molar-refractivity contribution in [2.24, 2.45) is 5.73 Å². The van der Waals surface area contributed by atoms with Crippen molar-refractivity contribution in [3.05, 3.63) is 50.8 Å². The van der Waals surface area contributed by atoms with E-state index in [0.717, 1.165) is 53.8 Å². The number of hydrogen-bond donors (Lipinski definition) is 1. The van der Waals surface area contributed by atoms with E-state index >= 15 is 0 Å². The fourth-order valence-corrected chi connectivity index (χ4v) is 5.16. The summed E-state index contributed by atoms with van der Waals surface area (Å²) < 4.78 is 6.08. The van der Waals surface area contributed by atoms with Gasteiger partial charge in [-0.2, -0.15) is 0 Å². The Morgan fingerprint density at radius 2 is 1.69 bits per heavy atom. The van der Waals surface area contributed by atoms with Gasteiger partial charge in [0.1, 0.15) is 5.75 Å². The van der Waals surface area contributed by atoms with E-state index in [2.05, 4.69) is 20.8 Å². The third-order valence-electron chi connectivity index (χ3n) is 5.90. The number of halogens is 1. The molecule has 1 aromatic carbocycles. The SMILES string of the molecule is CN1C2=C(C(=O)CCC2)C(c2ccc(OCC(N)=O)c(Br)c2)C2=C1CCCC2=O. The van der Waals surface area contributed by atoms with Crippen LogP contribution in [0.5, 0.6) is 5.75 Å². The smallest absolute Gasteiger partial charge is 0.255 e. The maximum Gasteiger partial charge on any atom is 0.255 e. The highest BCUT2D eigenvalue weighted by atomic mass is 79.9. The molecule has 7 heteroatoms. The molecule has 0 fully saturated rings. The molecule has 0 unspecified atom stereocenters. The van der Waals surface area contributed by atoms with E-state index in [1.807, 2.05) is 19.2 Å². The molecular weight excluding hydrogens is 436 g/mol. The molecule has 0 saturated carbocycles. The van der Waals surface area contributed by atoms with Gasteiger partial charge >= 0.3 is 0 Å². The number of benzene rings is 1. The zero-order valence-corrected chi connectivity index (χ0v) is 17.9. The predicted molar refractivity (Wildman–Crippen MR) is 111 cm³/mol. The second-order valence-corrected chi connectivity index (χ2v) is 8.57. The molecule has 0 spiro atoms. The first-order valence-corrected chi connectivity index (χ1v) is 10.6. The highest BCUT2D eigenvalue weighted by Gasteiger charge is 2.42. The van der Waals surface area contributed by atoms with Gasteiger partial charge in [0, 0.05) is 48.3 Å². The summed E-state index contributed by atoms with van der Waals surface area (Å²) in [6.45, 7) is -0.215. The average Bonchev–Trinajstić information content (AvgIpc) is 2.68. The summed E-state index contributed by atoms with van der Waals surface area (Å²) >= 11 is 3.49. The van der Waals surface area contributed by atoms with Crippen molar-refractivity contribution < 1.29 is 19.1 Å². The average molecular weight is 459 g/mol. The minimum absolute atomic E-state index is 0.123. The molecular formula is C22H23BrN2O4. The van der Waals surface area contributed by atoms with Gasteiger partial charge in [-0.1, -0.05) is 6.07 Å². The molecule has 0 saturated heterocycles. The number of primary amides is 1. The van der Waals surface area contributed by atoms with Crippen LogP contribution in [0.3, 0.4) is 0 Å². The van der Waals surface area contributed by atoms with E-state index in [0.29, 0.717) is 23.1 Å². The van der Waals surface area contributed by atoms with Gasteiger partial charge in [0.15, 0.2) is 18.2 Å². The number of Topliss-reactive ketones (excluding diaryl/α,β-unsaturated/α-hetero) is 2. The summed E-state index contributed by atoms with van der Waals surface area (Å²) in [5.74, 6) is -0.162. The van der Waals surface area contributed by atoms with Crippen LogP contribution in [0.15, 0.2) is 45.2 Å². The van der Waals surface area contributed by atoms with Crippen molar-refractivity contribution in [2.45, 2.75) is 44.4 Å². The molecule has 3 aliphatic rings. The Balaban J connectivity index is 1.82. The molecule has 0 bridgehead atoms. The van der Waals surface area contributed by atoms with E-state index in [-0.39, 0.29) is 24.1 Å². The van der Waals surface area contributed by atoms with E-state index < -0.39 is 5.91 Å². The number of rotatable bonds is 4. The van der Waals surface area contributed by atoms with Crippen molar-refractivity contribution in [3.63, 3.8) is 0 Å². The topological polar surface area (TPSA) is 89.7 Å². The Bertz CT molecular complexity index is 935. The van der Waals surface area contributed by atoms with Crippen molar-refractivity contribution in [1.29, 1.82) is 0 Å². The fourth-order valence-electron chi connectivity index (χ4n) is 4.65. The van der Waals surface area contributed by atoms with Crippen LogP contribution in [0, 0.1) is 0 Å². The molecule has 0 atom stereocenters. The Morgan fingerprint density at radius 1 is 1.10 bits per heavy atom. The predicted octanol–water partition coefficient (Wildman–Crippen LogP) is 3.36. The van der Waals surface area contributed by atoms with Crippen LogP contribution in [-0.4, -0.2) is 36.0 Å². The Morgan fingerprint density at radius 3 is 2.21 bits per heavy atom. The van der Waals surface area contributed by atoms with Gasteiger partial charge in [-0.25, -0.2) is 0 Å². The Kier molecular flexibility index (Phi) is 5.34. The van der Waals surface area contributed by atoms with Crippen LogP contribution in [-0.2, 0) is 14.4 Å². The summed E-state index contributed by atoms with van der Waals surface area (Å²) in [6, 6.07) is 5.50. The molecule has 1 aromatic rings. The van der Waals surface area contributed by atoms with Gasteiger partial charge in [-0.3, -0.25) is 14.4 Å². The summed E-state index contributed by atoms with van der Waals surface area (Å²) in [6.07, 6.45) is 4.41. The van der Waals surface area contributed by atoms with Crippen LogP contribution < -0.4 is 10.5 Å². The summed E-state index contributed by atoms with van der Waals surface area (Å²) in [4.78, 5) is 39.0. The van der Waals surface area contributed by atoms with Crippen LogP contribution in [0.1, 0.15) is 50.0 Å². The third-order valence-corrected chi connectivity index (χ3v) is 6.52. The normalized spacial score (nSPS) is 20.0. The monoisotopic (exact) mass is 458 g/mol. The number of carbonyl (C=O) groups excluding carboxylic acids is 3. The number of allylic oxidation sites excluding steroid dienone is 4. The molecule has 1 heterocycles. The summed E-state index contributed by atoms with van der Waals surface area (Å²) in [5, 5.41) is 0. The van der Waals surface area contributed by atoms with Crippen molar-refractivity contribution in [3.8, 4) is 5.75 Å². The van der Waals surface area contributed by atoms with Crippen molar-refractivity contribution in [2.75, 3.05) is 13.7 Å². The Hall–Kier alpha value is -2.41. The first-order chi connectivity index (χ1) is 13.9. The second kappa shape index (κ2) is 7.78. The van der Waals surface area contributed by atoms with Gasteiger partial charge in [0.2, 0.25) is 0 Å². The standard InChI is InChI=1S/C22H23BrN2O4/c1-25-14-4-2-6-16(26)21(14)20(22-15(25)5-3-7-17(22)27)12-8-9-18(13(23)10-12)29-11-19(24)28/h8-10,20H,2-7,11H2,1H3,(H2,24,28). The number of ketones is 2. The number of hydrogen-bond acceptors (Lipinski definition) is 5. The molecule has 152 valence electrons. The number of nitrogens with zero attached hydrogens (tertiary/aromatic N) is 1. The molecule has 29 heavy (non-hydrogen) atoms. The zero-order chi connectivity index (χ0) is 20.7. The molecule has 1 aliphatic heterocycles. The first-order valence-electron chi connectivity index (χ1n) is 9.85. The van der Waals surface area contributed by atoms with Gasteiger partial charge in [-0.15, -0.1) is 0 Å². The van der Waals surface area contributed by atoms with Crippen LogP contribution in [0.4, 0.5) is 0 Å². The van der Waals surface area contributed by atoms with E-state index in [1.165, 1.54) is 0 Å². The van der Waals surface area contributed by atoms with Crippen LogP contribution in [0.2, 0.25) is 0 Å². The largest absolute Gasteiger partial charge is 0.483 e. The highest BCUT2D eigenvalue weighted by Crippen LogP contribution is 2.49. The first kappa shape index (κ1) is 19.9. The second-order valence-electron chi connectivity index (χ2n) is 7.71. The van der Waals surface area contributed by atoms with E-state index in [1.54, 1.807) is 6.07 Å². The molecule has 0 radical (unpaired) electrons. The third kappa shape index (κ3) is 3.52. The lowest BCUT2D eigenvalue weighted by Gasteiger charge is -2.42. The van der Waals surface area contributed by atoms with Gasteiger partial charge < -0.3 is 15.4 Å². The van der Waals surface area contributed by atoms with Crippen LogP contribution in [0.25, 0.3) is 0 Å². The van der Waals surface area contributed by atoms with Gasteiger partial charge in [0.25, 0.3) is 5.91 Å². The lowest BCUT2D eigenvalue weighted by molar-refractivity contribution is -0.120. The molecule has 6 nitrogen and oxygen atoms in total. The minimum atomic E-state index is -0.554. The quantitative estimate of drug-likeness (QED) is 0.746. The number of nitrogens with two attached hydrogens (primary N) is 1. The fraction of sp³-hybridized carbons (Fsp3) is 0.409. The summed E-state index contributed by atoms with van der Waals surface area (Å²) in [5.41, 5.74) is 9.64. The van der Waals surface area contributed by atoms with Crippen molar-refractivity contribution in [1.82, 2.24) is 4.90 Å². The lowest BCUT2D eigenvalue weighted by atomic mass is 9.71. The lowest BCUT2D eigenvalue weighted by Crippen LogP contribution is -2.37. The van der Waals surface area contributed by atoms with Crippen LogP contribution >= 0.6 is 15.9 Å². The van der Waals surface area contributed by atoms with E-state index in [9.17, 15) is 14.4 Å². The maximum absolute atomic E-state index is 13.0. The zero-order valence-electron chi connectivity index (χ0n) is 16.3. The molecule has 2 N–H and O–H groups in total.